The summed E-state index contributed by atoms with van der Waals surface area (Å²) in [5, 5.41) is 0. The van der Waals surface area contributed by atoms with E-state index >= 15 is 0 Å². The van der Waals surface area contributed by atoms with Crippen LogP contribution in [0.15, 0.2) is 12.3 Å². The van der Waals surface area contributed by atoms with Gasteiger partial charge in [0.05, 0.1) is 6.42 Å². The lowest BCUT2D eigenvalue weighted by Gasteiger charge is -1.96. The SMILES string of the molecule is Nc1nccc2c1CC(=O)O2. The maximum absolute atomic E-state index is 10.7. The molecular weight excluding hydrogens is 144 g/mol. The highest BCUT2D eigenvalue weighted by Crippen LogP contribution is 2.28. The molecule has 1 aliphatic heterocycles. The van der Waals surface area contributed by atoms with Crippen LogP contribution >= 0.6 is 0 Å². The molecule has 0 aliphatic carbocycles. The second kappa shape index (κ2) is 1.95. The van der Waals surface area contributed by atoms with Gasteiger partial charge in [-0.05, 0) is 6.07 Å². The lowest BCUT2D eigenvalue weighted by atomic mass is 10.2. The number of carbonyl (C=O) groups is 1. The summed E-state index contributed by atoms with van der Waals surface area (Å²) >= 11 is 0. The van der Waals surface area contributed by atoms with E-state index in [9.17, 15) is 4.79 Å². The molecule has 56 valence electrons. The molecule has 2 heterocycles. The first kappa shape index (κ1) is 6.15. The van der Waals surface area contributed by atoms with E-state index in [1.165, 1.54) is 6.20 Å². The van der Waals surface area contributed by atoms with Gasteiger partial charge in [-0.15, -0.1) is 0 Å². The summed E-state index contributed by atoms with van der Waals surface area (Å²) in [5.74, 6) is 0.663. The van der Waals surface area contributed by atoms with Gasteiger partial charge in [0.15, 0.2) is 0 Å². The van der Waals surface area contributed by atoms with Gasteiger partial charge in [0.2, 0.25) is 0 Å². The van der Waals surface area contributed by atoms with Gasteiger partial charge < -0.3 is 10.5 Å². The van der Waals surface area contributed by atoms with Crippen molar-refractivity contribution in [3.05, 3.63) is 17.8 Å². The third-order valence-corrected chi connectivity index (χ3v) is 1.59. The monoisotopic (exact) mass is 150 g/mol. The van der Waals surface area contributed by atoms with E-state index in [4.69, 9.17) is 10.5 Å². The molecule has 1 aromatic rings. The average molecular weight is 150 g/mol. The van der Waals surface area contributed by atoms with Crippen molar-refractivity contribution >= 4 is 11.8 Å². The van der Waals surface area contributed by atoms with Gasteiger partial charge in [-0.1, -0.05) is 0 Å². The number of anilines is 1. The number of esters is 1. The molecule has 0 aromatic carbocycles. The maximum atomic E-state index is 10.7. The Morgan fingerprint density at radius 3 is 3.18 bits per heavy atom. The van der Waals surface area contributed by atoms with Crippen LogP contribution in [0.3, 0.4) is 0 Å². The quantitative estimate of drug-likeness (QED) is 0.533. The summed E-state index contributed by atoms with van der Waals surface area (Å²) in [6, 6.07) is 1.64. The molecule has 0 unspecified atom stereocenters. The molecule has 1 aromatic heterocycles. The van der Waals surface area contributed by atoms with Gasteiger partial charge in [-0.2, -0.15) is 0 Å². The van der Waals surface area contributed by atoms with Gasteiger partial charge >= 0.3 is 5.97 Å². The van der Waals surface area contributed by atoms with Gasteiger partial charge in [0, 0.05) is 11.8 Å². The molecule has 1 aliphatic rings. The number of nitrogens with zero attached hydrogens (tertiary/aromatic N) is 1. The van der Waals surface area contributed by atoms with Crippen molar-refractivity contribution in [2.45, 2.75) is 6.42 Å². The minimum absolute atomic E-state index is 0.245. The second-order valence-corrected chi connectivity index (χ2v) is 2.32. The molecular formula is C7H6N2O2. The Bertz CT molecular complexity index is 322. The zero-order chi connectivity index (χ0) is 7.84. The van der Waals surface area contributed by atoms with E-state index in [-0.39, 0.29) is 12.4 Å². The van der Waals surface area contributed by atoms with Crippen molar-refractivity contribution in [2.75, 3.05) is 5.73 Å². The number of nitrogens with two attached hydrogens (primary N) is 1. The van der Waals surface area contributed by atoms with E-state index in [1.54, 1.807) is 6.07 Å². The molecule has 0 amide bonds. The maximum Gasteiger partial charge on any atom is 0.315 e. The van der Waals surface area contributed by atoms with E-state index in [0.29, 0.717) is 17.1 Å². The summed E-state index contributed by atoms with van der Waals surface area (Å²) in [6.07, 6.45) is 1.77. The van der Waals surface area contributed by atoms with Crippen molar-refractivity contribution < 1.29 is 9.53 Å². The van der Waals surface area contributed by atoms with Crippen molar-refractivity contribution in [1.29, 1.82) is 0 Å². The predicted octanol–water partition coefficient (Wildman–Crippen LogP) is 0.125. The van der Waals surface area contributed by atoms with Crippen molar-refractivity contribution in [1.82, 2.24) is 4.98 Å². The summed E-state index contributed by atoms with van der Waals surface area (Å²) in [4.78, 5) is 14.6. The van der Waals surface area contributed by atoms with Crippen molar-refractivity contribution in [3.63, 3.8) is 0 Å². The van der Waals surface area contributed by atoms with Crippen LogP contribution in [-0.2, 0) is 11.2 Å². The fourth-order valence-corrected chi connectivity index (χ4v) is 1.07. The van der Waals surface area contributed by atoms with E-state index < -0.39 is 0 Å². The van der Waals surface area contributed by atoms with Gasteiger partial charge in [0.25, 0.3) is 0 Å². The molecule has 2 N–H and O–H groups in total. The Kier molecular flexibility index (Phi) is 1.09. The predicted molar refractivity (Wildman–Crippen MR) is 38.0 cm³/mol. The highest BCUT2D eigenvalue weighted by molar-refractivity contribution is 5.83. The Hall–Kier alpha value is -1.58. The third kappa shape index (κ3) is 0.832. The van der Waals surface area contributed by atoms with Crippen LogP contribution in [0.1, 0.15) is 5.56 Å². The van der Waals surface area contributed by atoms with Crippen LogP contribution in [0, 0.1) is 0 Å². The molecule has 0 spiro atoms. The van der Waals surface area contributed by atoms with Gasteiger partial charge in [-0.3, -0.25) is 4.79 Å². The van der Waals surface area contributed by atoms with Crippen LogP contribution in [0.2, 0.25) is 0 Å². The molecule has 0 fully saturated rings. The van der Waals surface area contributed by atoms with E-state index in [2.05, 4.69) is 4.98 Å². The minimum Gasteiger partial charge on any atom is -0.426 e. The van der Waals surface area contributed by atoms with Crippen LogP contribution in [0.5, 0.6) is 5.75 Å². The number of nitrogen functional groups attached to an aromatic ring is 1. The molecule has 4 heteroatoms. The van der Waals surface area contributed by atoms with Crippen LogP contribution < -0.4 is 10.5 Å². The zero-order valence-electron chi connectivity index (χ0n) is 5.70. The number of fused-ring (bicyclic) bond motifs is 1. The normalized spacial score (nSPS) is 14.4. The van der Waals surface area contributed by atoms with Crippen LogP contribution in [-0.4, -0.2) is 11.0 Å². The standard InChI is InChI=1S/C7H6N2O2/c8-7-4-3-6(10)11-5(4)1-2-9-7/h1-2H,3H2,(H2,8,9). The lowest BCUT2D eigenvalue weighted by molar-refractivity contribution is -0.131. The van der Waals surface area contributed by atoms with Crippen LogP contribution in [0.4, 0.5) is 5.82 Å². The summed E-state index contributed by atoms with van der Waals surface area (Å²) in [7, 11) is 0. The Morgan fingerprint density at radius 1 is 1.64 bits per heavy atom. The topological polar surface area (TPSA) is 65.2 Å². The molecule has 2 rings (SSSR count). The molecule has 4 nitrogen and oxygen atoms in total. The minimum atomic E-state index is -0.264. The number of carbonyl (C=O) groups excluding carboxylic acids is 1. The van der Waals surface area contributed by atoms with Crippen molar-refractivity contribution in [3.8, 4) is 5.75 Å². The summed E-state index contributed by atoms with van der Waals surface area (Å²) in [5.41, 5.74) is 6.20. The average Bonchev–Trinajstić information content (AvgIpc) is 2.31. The van der Waals surface area contributed by atoms with Gasteiger partial charge in [0.1, 0.15) is 11.6 Å². The molecule has 0 radical (unpaired) electrons. The van der Waals surface area contributed by atoms with Crippen LogP contribution in [0.25, 0.3) is 0 Å². The van der Waals surface area contributed by atoms with Gasteiger partial charge in [-0.25, -0.2) is 4.98 Å². The number of aromatic nitrogens is 1. The van der Waals surface area contributed by atoms with Crippen molar-refractivity contribution in [2.24, 2.45) is 0 Å². The Labute approximate surface area is 63.0 Å². The fourth-order valence-electron chi connectivity index (χ4n) is 1.07. The largest absolute Gasteiger partial charge is 0.426 e. The molecule has 0 bridgehead atoms. The highest BCUT2D eigenvalue weighted by atomic mass is 16.5. The van der Waals surface area contributed by atoms with E-state index in [0.717, 1.165) is 0 Å². The number of hydrogen-bond acceptors (Lipinski definition) is 4. The molecule has 0 saturated carbocycles. The second-order valence-electron chi connectivity index (χ2n) is 2.32. The summed E-state index contributed by atoms with van der Waals surface area (Å²) in [6.45, 7) is 0. The fraction of sp³-hybridized carbons (Fsp3) is 0.143. The molecule has 11 heavy (non-hydrogen) atoms. The first-order chi connectivity index (χ1) is 5.27. The number of hydrogen-bond donors (Lipinski definition) is 1. The third-order valence-electron chi connectivity index (χ3n) is 1.59. The smallest absolute Gasteiger partial charge is 0.315 e. The molecule has 0 saturated heterocycles. The first-order valence-corrected chi connectivity index (χ1v) is 3.21. The highest BCUT2D eigenvalue weighted by Gasteiger charge is 2.22. The molecule has 0 atom stereocenters. The first-order valence-electron chi connectivity index (χ1n) is 3.21. The Balaban J connectivity index is 2.57. The lowest BCUT2D eigenvalue weighted by Crippen LogP contribution is -2.00. The summed E-state index contributed by atoms with van der Waals surface area (Å²) < 4.78 is 4.83. The number of pyridine rings is 1. The van der Waals surface area contributed by atoms with E-state index in [1.807, 2.05) is 0 Å². The number of rotatable bonds is 0. The Morgan fingerprint density at radius 2 is 2.45 bits per heavy atom. The number of ether oxygens (including phenoxy) is 1. The zero-order valence-corrected chi connectivity index (χ0v) is 5.70.